The second-order valence-corrected chi connectivity index (χ2v) is 5.20. The van der Waals surface area contributed by atoms with E-state index in [9.17, 15) is 13.2 Å². The molecule has 20 heavy (non-hydrogen) atoms. The zero-order chi connectivity index (χ0) is 14.9. The monoisotopic (exact) mass is 365 g/mol. The molecule has 0 aliphatic heterocycles. The first-order valence-corrected chi connectivity index (χ1v) is 6.49. The van der Waals surface area contributed by atoms with Gasteiger partial charge in [0, 0.05) is 9.50 Å². The van der Waals surface area contributed by atoms with Gasteiger partial charge in [0.25, 0.3) is 0 Å². The third kappa shape index (κ3) is 3.55. The van der Waals surface area contributed by atoms with Crippen LogP contribution in [0.25, 0.3) is 0 Å². The van der Waals surface area contributed by atoms with Gasteiger partial charge in [0.2, 0.25) is 0 Å². The highest BCUT2D eigenvalue weighted by Gasteiger charge is 2.31. The first-order valence-electron chi connectivity index (χ1n) is 5.32. The topological polar surface area (TPSA) is 50.9 Å². The van der Waals surface area contributed by atoms with Crippen molar-refractivity contribution in [2.75, 3.05) is 11.1 Å². The lowest BCUT2D eigenvalue weighted by molar-refractivity contribution is -0.137. The molecule has 1 aromatic heterocycles. The third-order valence-corrected chi connectivity index (χ3v) is 3.26. The summed E-state index contributed by atoms with van der Waals surface area (Å²) >= 11 is 9.04. The highest BCUT2D eigenvalue weighted by atomic mass is 79.9. The fourth-order valence-corrected chi connectivity index (χ4v) is 2.29. The summed E-state index contributed by atoms with van der Waals surface area (Å²) in [6.07, 6.45) is -4.48. The fourth-order valence-electron chi connectivity index (χ4n) is 1.51. The largest absolute Gasteiger partial charge is 0.416 e. The lowest BCUT2D eigenvalue weighted by atomic mass is 10.2. The predicted octanol–water partition coefficient (Wildman–Crippen LogP) is 4.84. The van der Waals surface area contributed by atoms with Crippen LogP contribution in [0.3, 0.4) is 0 Å². The van der Waals surface area contributed by atoms with Crippen molar-refractivity contribution in [3.63, 3.8) is 0 Å². The van der Waals surface area contributed by atoms with Crippen molar-refractivity contribution >= 4 is 44.9 Å². The molecule has 0 unspecified atom stereocenters. The van der Waals surface area contributed by atoms with Crippen molar-refractivity contribution in [1.82, 2.24) is 4.98 Å². The second-order valence-electron chi connectivity index (χ2n) is 3.91. The summed E-state index contributed by atoms with van der Waals surface area (Å²) in [4.78, 5) is 3.82. The predicted molar refractivity (Wildman–Crippen MR) is 76.1 cm³/mol. The molecule has 3 N–H and O–H groups in total. The van der Waals surface area contributed by atoms with Crippen LogP contribution in [0.4, 0.5) is 30.5 Å². The van der Waals surface area contributed by atoms with Gasteiger partial charge in [-0.25, -0.2) is 4.98 Å². The standard InChI is InChI=1S/C12H8BrClF3N3/c13-8-5-7(14)1-2-9(8)19-11-4-6(12(15,16)17)3-10(18)20-11/h1-5H,(H3,18,19,20). The summed E-state index contributed by atoms with van der Waals surface area (Å²) in [5.41, 5.74) is 5.05. The molecule has 8 heteroatoms. The minimum absolute atomic E-state index is 0.000322. The van der Waals surface area contributed by atoms with Gasteiger partial charge in [0.1, 0.15) is 11.6 Å². The molecule has 0 spiro atoms. The quantitative estimate of drug-likeness (QED) is 0.799. The van der Waals surface area contributed by atoms with Crippen molar-refractivity contribution < 1.29 is 13.2 Å². The van der Waals surface area contributed by atoms with E-state index in [2.05, 4.69) is 26.2 Å². The molecule has 0 bridgehead atoms. The van der Waals surface area contributed by atoms with E-state index in [1.807, 2.05) is 0 Å². The van der Waals surface area contributed by atoms with Crippen molar-refractivity contribution in [3.05, 3.63) is 45.4 Å². The smallest absolute Gasteiger partial charge is 0.384 e. The molecule has 2 aromatic rings. The third-order valence-electron chi connectivity index (χ3n) is 2.37. The molecular formula is C12H8BrClF3N3. The Hall–Kier alpha value is -1.47. The SMILES string of the molecule is Nc1cc(C(F)(F)F)cc(Nc2ccc(Cl)cc2Br)n1. The van der Waals surface area contributed by atoms with Gasteiger partial charge >= 0.3 is 6.18 Å². The molecule has 0 radical (unpaired) electrons. The molecule has 0 aliphatic carbocycles. The summed E-state index contributed by atoms with van der Waals surface area (Å²) in [5, 5.41) is 3.26. The van der Waals surface area contributed by atoms with E-state index in [-0.39, 0.29) is 11.6 Å². The van der Waals surface area contributed by atoms with Crippen LogP contribution in [0.1, 0.15) is 5.56 Å². The van der Waals surface area contributed by atoms with E-state index in [4.69, 9.17) is 17.3 Å². The number of nitrogens with two attached hydrogens (primary N) is 1. The van der Waals surface area contributed by atoms with Crippen LogP contribution in [0.15, 0.2) is 34.8 Å². The van der Waals surface area contributed by atoms with Gasteiger partial charge in [0.05, 0.1) is 11.3 Å². The molecule has 1 heterocycles. The molecule has 106 valence electrons. The Kier molecular flexibility index (Phi) is 4.10. The zero-order valence-electron chi connectivity index (χ0n) is 9.80. The first kappa shape index (κ1) is 14.9. The number of hydrogen-bond acceptors (Lipinski definition) is 3. The van der Waals surface area contributed by atoms with Crippen molar-refractivity contribution in [2.45, 2.75) is 6.18 Å². The number of anilines is 3. The number of nitrogens with one attached hydrogen (secondary N) is 1. The lowest BCUT2D eigenvalue weighted by Crippen LogP contribution is -2.08. The van der Waals surface area contributed by atoms with Crippen LogP contribution in [-0.4, -0.2) is 4.98 Å². The van der Waals surface area contributed by atoms with Gasteiger partial charge in [0.15, 0.2) is 0 Å². The molecule has 1 aromatic carbocycles. The normalized spacial score (nSPS) is 11.4. The highest BCUT2D eigenvalue weighted by Crippen LogP contribution is 2.33. The second kappa shape index (κ2) is 5.49. The number of nitrogens with zero attached hydrogens (tertiary/aromatic N) is 1. The number of rotatable bonds is 2. The van der Waals surface area contributed by atoms with Gasteiger partial charge in [-0.3, -0.25) is 0 Å². The average Bonchev–Trinajstić information content (AvgIpc) is 2.31. The van der Waals surface area contributed by atoms with E-state index in [1.165, 1.54) is 0 Å². The van der Waals surface area contributed by atoms with Gasteiger partial charge in [-0.05, 0) is 46.3 Å². The molecule has 0 saturated carbocycles. The van der Waals surface area contributed by atoms with Gasteiger partial charge in [-0.2, -0.15) is 13.2 Å². The molecule has 0 fully saturated rings. The molecule has 0 amide bonds. The van der Waals surface area contributed by atoms with Crippen LogP contribution < -0.4 is 11.1 Å². The van der Waals surface area contributed by atoms with E-state index in [0.29, 0.717) is 15.2 Å². The van der Waals surface area contributed by atoms with Gasteiger partial charge in [-0.1, -0.05) is 11.6 Å². The van der Waals surface area contributed by atoms with E-state index in [1.54, 1.807) is 18.2 Å². The van der Waals surface area contributed by atoms with E-state index < -0.39 is 11.7 Å². The summed E-state index contributed by atoms with van der Waals surface area (Å²) in [7, 11) is 0. The Labute approximate surface area is 126 Å². The molecule has 0 aliphatic rings. The molecule has 0 saturated heterocycles. The Morgan fingerprint density at radius 2 is 1.90 bits per heavy atom. The summed E-state index contributed by atoms with van der Waals surface area (Å²) in [5.74, 6) is -0.215. The van der Waals surface area contributed by atoms with Crippen molar-refractivity contribution in [3.8, 4) is 0 Å². The summed E-state index contributed by atoms with van der Waals surface area (Å²) < 4.78 is 38.6. The Balaban J connectivity index is 2.36. The van der Waals surface area contributed by atoms with Crippen LogP contribution in [0.5, 0.6) is 0 Å². The van der Waals surface area contributed by atoms with Crippen LogP contribution in [0.2, 0.25) is 5.02 Å². The van der Waals surface area contributed by atoms with Crippen molar-refractivity contribution in [2.24, 2.45) is 0 Å². The number of alkyl halides is 3. The average molecular weight is 367 g/mol. The maximum atomic E-state index is 12.7. The number of pyridine rings is 1. The molecule has 3 nitrogen and oxygen atoms in total. The number of benzene rings is 1. The Morgan fingerprint density at radius 3 is 2.50 bits per heavy atom. The van der Waals surface area contributed by atoms with E-state index in [0.717, 1.165) is 12.1 Å². The highest BCUT2D eigenvalue weighted by molar-refractivity contribution is 9.10. The lowest BCUT2D eigenvalue weighted by Gasteiger charge is -2.12. The minimum atomic E-state index is -4.48. The van der Waals surface area contributed by atoms with Crippen LogP contribution >= 0.6 is 27.5 Å². The van der Waals surface area contributed by atoms with Crippen LogP contribution in [-0.2, 0) is 6.18 Å². The Morgan fingerprint density at radius 1 is 1.20 bits per heavy atom. The molecule has 2 rings (SSSR count). The van der Waals surface area contributed by atoms with Crippen LogP contribution in [0, 0.1) is 0 Å². The first-order chi connectivity index (χ1) is 9.25. The number of hydrogen-bond donors (Lipinski definition) is 2. The van der Waals surface area contributed by atoms with Gasteiger partial charge < -0.3 is 11.1 Å². The number of aromatic nitrogens is 1. The molecular weight excluding hydrogens is 359 g/mol. The molecule has 0 atom stereocenters. The summed E-state index contributed by atoms with van der Waals surface area (Å²) in [6, 6.07) is 6.50. The summed E-state index contributed by atoms with van der Waals surface area (Å²) in [6.45, 7) is 0. The van der Waals surface area contributed by atoms with Gasteiger partial charge in [-0.15, -0.1) is 0 Å². The minimum Gasteiger partial charge on any atom is -0.384 e. The van der Waals surface area contributed by atoms with E-state index >= 15 is 0 Å². The maximum absolute atomic E-state index is 12.7. The fraction of sp³-hybridized carbons (Fsp3) is 0.0833. The van der Waals surface area contributed by atoms with Crippen molar-refractivity contribution in [1.29, 1.82) is 0 Å². The maximum Gasteiger partial charge on any atom is 0.416 e. The number of halogens is 5. The zero-order valence-corrected chi connectivity index (χ0v) is 12.1. The number of nitrogen functional groups attached to an aromatic ring is 1. The Bertz CT molecular complexity index is 646.